The molecule has 0 fully saturated rings. The standard InChI is InChI=1S/C18H19ClF3N5O/c1-2-3-4-7-24-16(28)11-25-17-12(9-23)10-26-27(17)15-6-5-13(8-14(15)19)18(20,21)22/h5-6,8,10,25H,2-4,7,11H2,1H3,(H,24,28). The Labute approximate surface area is 165 Å². The molecule has 2 rings (SSSR count). The molecule has 0 aliphatic rings. The third-order valence-corrected chi connectivity index (χ3v) is 4.21. The molecule has 10 heteroatoms. The number of nitrogens with one attached hydrogen (secondary N) is 2. The van der Waals surface area contributed by atoms with Gasteiger partial charge in [-0.2, -0.15) is 23.5 Å². The number of rotatable bonds is 8. The largest absolute Gasteiger partial charge is 0.416 e. The Hall–Kier alpha value is -2.73. The van der Waals surface area contributed by atoms with Crippen LogP contribution in [0.2, 0.25) is 5.02 Å². The number of nitriles is 1. The maximum absolute atomic E-state index is 12.8. The second-order valence-electron chi connectivity index (χ2n) is 6.01. The number of unbranched alkanes of at least 4 members (excludes halogenated alkanes) is 2. The molecule has 0 atom stereocenters. The number of hydrogen-bond donors (Lipinski definition) is 2. The van der Waals surface area contributed by atoms with E-state index in [1.165, 1.54) is 10.9 Å². The van der Waals surface area contributed by atoms with Crippen molar-refractivity contribution in [2.45, 2.75) is 32.4 Å². The van der Waals surface area contributed by atoms with Gasteiger partial charge < -0.3 is 10.6 Å². The molecule has 1 aromatic carbocycles. The Morgan fingerprint density at radius 1 is 1.36 bits per heavy atom. The number of aromatic nitrogens is 2. The number of halogens is 4. The maximum atomic E-state index is 12.8. The zero-order chi connectivity index (χ0) is 20.7. The van der Waals surface area contributed by atoms with Gasteiger partial charge in [-0.05, 0) is 24.6 Å². The molecule has 0 unspecified atom stereocenters. The molecule has 0 bridgehead atoms. The number of anilines is 1. The van der Waals surface area contributed by atoms with Crippen LogP contribution in [0.15, 0.2) is 24.4 Å². The molecule has 0 saturated heterocycles. The second-order valence-corrected chi connectivity index (χ2v) is 6.41. The second kappa shape index (κ2) is 9.46. The summed E-state index contributed by atoms with van der Waals surface area (Å²) < 4.78 is 39.7. The van der Waals surface area contributed by atoms with E-state index in [0.29, 0.717) is 6.54 Å². The number of alkyl halides is 3. The van der Waals surface area contributed by atoms with Crippen LogP contribution < -0.4 is 10.6 Å². The van der Waals surface area contributed by atoms with Crippen LogP contribution in [-0.2, 0) is 11.0 Å². The van der Waals surface area contributed by atoms with Crippen LogP contribution in [0.3, 0.4) is 0 Å². The molecule has 0 spiro atoms. The molecule has 0 radical (unpaired) electrons. The fourth-order valence-electron chi connectivity index (χ4n) is 2.47. The topological polar surface area (TPSA) is 82.7 Å². The third kappa shape index (κ3) is 5.39. The number of amides is 1. The predicted molar refractivity (Wildman–Crippen MR) is 99.3 cm³/mol. The maximum Gasteiger partial charge on any atom is 0.416 e. The van der Waals surface area contributed by atoms with Crippen LogP contribution in [-0.4, -0.2) is 28.8 Å². The summed E-state index contributed by atoms with van der Waals surface area (Å²) in [6, 6.07) is 4.75. The van der Waals surface area contributed by atoms with E-state index >= 15 is 0 Å². The highest BCUT2D eigenvalue weighted by molar-refractivity contribution is 6.32. The summed E-state index contributed by atoms with van der Waals surface area (Å²) >= 11 is 6.00. The van der Waals surface area contributed by atoms with Gasteiger partial charge in [-0.1, -0.05) is 31.4 Å². The van der Waals surface area contributed by atoms with E-state index in [1.807, 2.05) is 6.07 Å². The van der Waals surface area contributed by atoms with Crippen LogP contribution in [0.25, 0.3) is 5.69 Å². The first-order valence-corrected chi connectivity index (χ1v) is 9.01. The van der Waals surface area contributed by atoms with E-state index < -0.39 is 11.7 Å². The summed E-state index contributed by atoms with van der Waals surface area (Å²) in [7, 11) is 0. The fraction of sp³-hybridized carbons (Fsp3) is 0.389. The number of hydrogen-bond acceptors (Lipinski definition) is 4. The van der Waals surface area contributed by atoms with Gasteiger partial charge in [0.05, 0.1) is 29.0 Å². The number of carbonyl (C=O) groups excluding carboxylic acids is 1. The fourth-order valence-corrected chi connectivity index (χ4v) is 2.73. The molecule has 2 N–H and O–H groups in total. The molecule has 0 saturated carbocycles. The summed E-state index contributed by atoms with van der Waals surface area (Å²) in [5.41, 5.74) is -0.605. The minimum atomic E-state index is -4.53. The number of benzene rings is 1. The van der Waals surface area contributed by atoms with Crippen molar-refractivity contribution in [3.63, 3.8) is 0 Å². The lowest BCUT2D eigenvalue weighted by atomic mass is 10.2. The van der Waals surface area contributed by atoms with Crippen molar-refractivity contribution in [1.82, 2.24) is 15.1 Å². The van der Waals surface area contributed by atoms with Crippen LogP contribution in [0, 0.1) is 11.3 Å². The summed E-state index contributed by atoms with van der Waals surface area (Å²) in [4.78, 5) is 11.9. The van der Waals surface area contributed by atoms with Gasteiger partial charge in [0.2, 0.25) is 5.91 Å². The van der Waals surface area contributed by atoms with E-state index in [1.54, 1.807) is 0 Å². The Morgan fingerprint density at radius 2 is 2.11 bits per heavy atom. The van der Waals surface area contributed by atoms with Crippen molar-refractivity contribution in [3.05, 3.63) is 40.5 Å². The normalized spacial score (nSPS) is 11.1. The van der Waals surface area contributed by atoms with Crippen LogP contribution in [0.5, 0.6) is 0 Å². The molecule has 0 aliphatic carbocycles. The Bertz CT molecular complexity index is 873. The molecule has 1 heterocycles. The molecular formula is C18H19ClF3N5O. The molecule has 150 valence electrons. The Balaban J connectivity index is 2.19. The van der Waals surface area contributed by atoms with Crippen LogP contribution in [0.1, 0.15) is 37.3 Å². The smallest absolute Gasteiger partial charge is 0.360 e. The van der Waals surface area contributed by atoms with Gasteiger partial charge in [0.1, 0.15) is 17.5 Å². The summed E-state index contributed by atoms with van der Waals surface area (Å²) in [6.45, 7) is 2.48. The van der Waals surface area contributed by atoms with Crippen molar-refractivity contribution >= 4 is 23.3 Å². The third-order valence-electron chi connectivity index (χ3n) is 3.91. The molecule has 1 amide bonds. The van der Waals surface area contributed by atoms with Crippen LogP contribution >= 0.6 is 11.6 Å². The Morgan fingerprint density at radius 3 is 2.71 bits per heavy atom. The van der Waals surface area contributed by atoms with Gasteiger partial charge in [-0.3, -0.25) is 4.79 Å². The van der Waals surface area contributed by atoms with E-state index in [0.717, 1.165) is 37.5 Å². The number of nitrogens with zero attached hydrogens (tertiary/aromatic N) is 3. The van der Waals surface area contributed by atoms with Crippen molar-refractivity contribution in [1.29, 1.82) is 5.26 Å². The highest BCUT2D eigenvalue weighted by atomic mass is 35.5. The van der Waals surface area contributed by atoms with Crippen molar-refractivity contribution in [2.75, 3.05) is 18.4 Å². The predicted octanol–water partition coefficient (Wildman–Crippen LogP) is 4.13. The summed E-state index contributed by atoms with van der Waals surface area (Å²) in [5, 5.41) is 18.6. The minimum absolute atomic E-state index is 0.120. The quantitative estimate of drug-likeness (QED) is 0.637. The van der Waals surface area contributed by atoms with Gasteiger partial charge in [-0.25, -0.2) is 4.68 Å². The van der Waals surface area contributed by atoms with Crippen molar-refractivity contribution in [3.8, 4) is 11.8 Å². The van der Waals surface area contributed by atoms with Crippen LogP contribution in [0.4, 0.5) is 19.0 Å². The average molecular weight is 414 g/mol. The Kier molecular flexibility index (Phi) is 7.29. The zero-order valence-electron chi connectivity index (χ0n) is 15.1. The molecule has 28 heavy (non-hydrogen) atoms. The molecule has 1 aromatic heterocycles. The van der Waals surface area contributed by atoms with Gasteiger partial charge in [-0.15, -0.1) is 0 Å². The monoisotopic (exact) mass is 413 g/mol. The summed E-state index contributed by atoms with van der Waals surface area (Å²) in [6.07, 6.45) is -0.375. The lowest BCUT2D eigenvalue weighted by Gasteiger charge is -2.13. The molecule has 0 aliphatic heterocycles. The van der Waals surface area contributed by atoms with Gasteiger partial charge in [0.25, 0.3) is 0 Å². The zero-order valence-corrected chi connectivity index (χ0v) is 15.9. The molecular weight excluding hydrogens is 395 g/mol. The van der Waals surface area contributed by atoms with E-state index in [-0.39, 0.29) is 34.5 Å². The van der Waals surface area contributed by atoms with E-state index in [9.17, 15) is 23.2 Å². The molecule has 2 aromatic rings. The number of carbonyl (C=O) groups is 1. The minimum Gasteiger partial charge on any atom is -0.360 e. The van der Waals surface area contributed by atoms with E-state index in [4.69, 9.17) is 11.6 Å². The first kappa shape index (κ1) is 21.6. The SMILES string of the molecule is CCCCCNC(=O)CNc1c(C#N)cnn1-c1ccc(C(F)(F)F)cc1Cl. The van der Waals surface area contributed by atoms with Gasteiger partial charge in [0.15, 0.2) is 0 Å². The van der Waals surface area contributed by atoms with Gasteiger partial charge >= 0.3 is 6.18 Å². The first-order chi connectivity index (χ1) is 13.3. The summed E-state index contributed by atoms with van der Waals surface area (Å²) in [5.74, 6) is -0.0980. The highest BCUT2D eigenvalue weighted by Crippen LogP contribution is 2.34. The van der Waals surface area contributed by atoms with Gasteiger partial charge in [0, 0.05) is 6.54 Å². The van der Waals surface area contributed by atoms with Crippen molar-refractivity contribution in [2.24, 2.45) is 0 Å². The van der Waals surface area contributed by atoms with Crippen molar-refractivity contribution < 1.29 is 18.0 Å². The molecule has 6 nitrogen and oxygen atoms in total. The highest BCUT2D eigenvalue weighted by Gasteiger charge is 2.31. The first-order valence-electron chi connectivity index (χ1n) is 8.63. The lowest BCUT2D eigenvalue weighted by molar-refractivity contribution is -0.137. The average Bonchev–Trinajstić information content (AvgIpc) is 3.05. The lowest BCUT2D eigenvalue weighted by Crippen LogP contribution is -2.31. The van der Waals surface area contributed by atoms with E-state index in [2.05, 4.69) is 22.7 Å².